The molecule has 0 saturated carbocycles. The molecule has 1 aromatic carbocycles. The first kappa shape index (κ1) is 12.2. The molecule has 1 rings (SSSR count). The van der Waals surface area contributed by atoms with Crippen LogP contribution in [0, 0.1) is 0 Å². The van der Waals surface area contributed by atoms with Crippen LogP contribution in [0.25, 0.3) is 0 Å². The van der Waals surface area contributed by atoms with E-state index in [1.165, 1.54) is 6.07 Å². The van der Waals surface area contributed by atoms with Crippen molar-refractivity contribution in [2.45, 2.75) is 26.2 Å². The number of hydrogen-bond donors (Lipinski definition) is 2. The lowest BCUT2D eigenvalue weighted by molar-refractivity contribution is 0.0952. The van der Waals surface area contributed by atoms with E-state index in [9.17, 15) is 9.90 Å². The van der Waals surface area contributed by atoms with Gasteiger partial charge in [-0.15, -0.1) is 0 Å². The Hall–Kier alpha value is -1.84. The van der Waals surface area contributed by atoms with Crippen LogP contribution in [0.5, 0.6) is 5.75 Å². The highest BCUT2D eigenvalue weighted by Gasteiger charge is 2.08. The number of phenols is 1. The minimum absolute atomic E-state index is 0.0382. The van der Waals surface area contributed by atoms with Gasteiger partial charge in [0, 0.05) is 6.21 Å². The summed E-state index contributed by atoms with van der Waals surface area (Å²) in [6, 6.07) is 6.37. The third-order valence-electron chi connectivity index (χ3n) is 2.09. The Balaban J connectivity index is 2.47. The van der Waals surface area contributed by atoms with Crippen molar-refractivity contribution < 1.29 is 9.90 Å². The number of para-hydroxylation sites is 1. The summed E-state index contributed by atoms with van der Waals surface area (Å²) in [5.41, 5.74) is 2.60. The SMILES string of the molecule is CCCC/C=N/NC(=O)c1ccccc1O. The van der Waals surface area contributed by atoms with Gasteiger partial charge >= 0.3 is 0 Å². The first-order valence-electron chi connectivity index (χ1n) is 5.35. The maximum atomic E-state index is 11.5. The van der Waals surface area contributed by atoms with Gasteiger partial charge in [0.2, 0.25) is 0 Å². The Bertz CT molecular complexity index is 375. The fraction of sp³-hybridized carbons (Fsp3) is 0.333. The van der Waals surface area contributed by atoms with Crippen LogP contribution in [0.1, 0.15) is 36.5 Å². The van der Waals surface area contributed by atoms with E-state index < -0.39 is 5.91 Å². The minimum atomic E-state index is -0.397. The summed E-state index contributed by atoms with van der Waals surface area (Å²) in [7, 11) is 0. The summed E-state index contributed by atoms with van der Waals surface area (Å²) < 4.78 is 0. The number of benzene rings is 1. The lowest BCUT2D eigenvalue weighted by Crippen LogP contribution is -2.17. The average molecular weight is 220 g/mol. The fourth-order valence-electron chi connectivity index (χ4n) is 1.19. The number of amides is 1. The molecule has 16 heavy (non-hydrogen) atoms. The molecule has 0 aliphatic heterocycles. The maximum absolute atomic E-state index is 11.5. The number of carbonyl (C=O) groups excluding carboxylic acids is 1. The molecule has 0 unspecified atom stereocenters. The van der Waals surface area contributed by atoms with E-state index in [2.05, 4.69) is 17.5 Å². The molecule has 0 radical (unpaired) electrons. The van der Waals surface area contributed by atoms with E-state index in [0.29, 0.717) is 0 Å². The summed E-state index contributed by atoms with van der Waals surface area (Å²) >= 11 is 0. The summed E-state index contributed by atoms with van der Waals surface area (Å²) in [5, 5.41) is 13.2. The monoisotopic (exact) mass is 220 g/mol. The lowest BCUT2D eigenvalue weighted by Gasteiger charge is -2.01. The number of carbonyl (C=O) groups is 1. The molecule has 0 aromatic heterocycles. The van der Waals surface area contributed by atoms with Gasteiger partial charge in [-0.2, -0.15) is 5.10 Å². The van der Waals surface area contributed by atoms with Crippen molar-refractivity contribution in [2.24, 2.45) is 5.10 Å². The second kappa shape index (κ2) is 6.61. The molecule has 86 valence electrons. The number of hydrazone groups is 1. The third-order valence-corrected chi connectivity index (χ3v) is 2.09. The summed E-state index contributed by atoms with van der Waals surface area (Å²) in [6.07, 6.45) is 4.66. The van der Waals surface area contributed by atoms with E-state index in [1.54, 1.807) is 24.4 Å². The molecule has 0 heterocycles. The van der Waals surface area contributed by atoms with E-state index in [0.717, 1.165) is 19.3 Å². The molecule has 4 heteroatoms. The predicted molar refractivity (Wildman–Crippen MR) is 63.6 cm³/mol. The van der Waals surface area contributed by atoms with Crippen molar-refractivity contribution >= 4 is 12.1 Å². The second-order valence-corrected chi connectivity index (χ2v) is 3.41. The molecule has 0 aliphatic carbocycles. The van der Waals surface area contributed by atoms with Crippen LogP contribution in [0.3, 0.4) is 0 Å². The van der Waals surface area contributed by atoms with Crippen LogP contribution in [0.2, 0.25) is 0 Å². The van der Waals surface area contributed by atoms with Gasteiger partial charge in [0.25, 0.3) is 5.91 Å². The van der Waals surface area contributed by atoms with Crippen LogP contribution in [-0.4, -0.2) is 17.2 Å². The van der Waals surface area contributed by atoms with Gasteiger partial charge in [-0.3, -0.25) is 4.79 Å². The zero-order chi connectivity index (χ0) is 11.8. The van der Waals surface area contributed by atoms with Crippen LogP contribution < -0.4 is 5.43 Å². The summed E-state index contributed by atoms with van der Waals surface area (Å²) in [4.78, 5) is 11.5. The highest BCUT2D eigenvalue weighted by Crippen LogP contribution is 2.14. The Kier molecular flexibility index (Phi) is 5.05. The smallest absolute Gasteiger partial charge is 0.275 e. The molecule has 0 spiro atoms. The zero-order valence-corrected chi connectivity index (χ0v) is 9.31. The topological polar surface area (TPSA) is 61.7 Å². The molecule has 0 saturated heterocycles. The fourth-order valence-corrected chi connectivity index (χ4v) is 1.19. The number of phenolic OH excluding ortho intramolecular Hbond substituents is 1. The Morgan fingerprint density at radius 1 is 1.50 bits per heavy atom. The van der Waals surface area contributed by atoms with Crippen molar-refractivity contribution in [1.82, 2.24) is 5.43 Å². The second-order valence-electron chi connectivity index (χ2n) is 3.41. The van der Waals surface area contributed by atoms with Crippen molar-refractivity contribution in [1.29, 1.82) is 0 Å². The molecular weight excluding hydrogens is 204 g/mol. The Morgan fingerprint density at radius 3 is 2.94 bits per heavy atom. The van der Waals surface area contributed by atoms with Gasteiger partial charge in [0.15, 0.2) is 0 Å². The number of nitrogens with zero attached hydrogens (tertiary/aromatic N) is 1. The van der Waals surface area contributed by atoms with Gasteiger partial charge in [0.05, 0.1) is 5.56 Å². The van der Waals surface area contributed by atoms with Gasteiger partial charge < -0.3 is 5.11 Å². The average Bonchev–Trinajstić information content (AvgIpc) is 2.29. The van der Waals surface area contributed by atoms with Crippen LogP contribution >= 0.6 is 0 Å². The molecule has 1 aromatic rings. The standard InChI is InChI=1S/C12H16N2O2/c1-2-3-6-9-13-14-12(16)10-7-4-5-8-11(10)15/h4-5,7-9,15H,2-3,6H2,1H3,(H,14,16)/b13-9+. The Labute approximate surface area is 95.0 Å². The van der Waals surface area contributed by atoms with Crippen molar-refractivity contribution in [3.05, 3.63) is 29.8 Å². The lowest BCUT2D eigenvalue weighted by atomic mass is 10.2. The third kappa shape index (κ3) is 3.73. The molecule has 1 amide bonds. The van der Waals surface area contributed by atoms with E-state index in [-0.39, 0.29) is 11.3 Å². The first-order chi connectivity index (χ1) is 7.75. The van der Waals surface area contributed by atoms with Gasteiger partial charge in [-0.05, 0) is 25.0 Å². The minimum Gasteiger partial charge on any atom is -0.507 e. The van der Waals surface area contributed by atoms with Gasteiger partial charge in [-0.25, -0.2) is 5.43 Å². The molecule has 4 nitrogen and oxygen atoms in total. The highest BCUT2D eigenvalue weighted by atomic mass is 16.3. The van der Waals surface area contributed by atoms with E-state index in [4.69, 9.17) is 0 Å². The number of unbranched alkanes of at least 4 members (excludes halogenated alkanes) is 2. The number of rotatable bonds is 5. The zero-order valence-electron chi connectivity index (χ0n) is 9.31. The van der Waals surface area contributed by atoms with Gasteiger partial charge in [0.1, 0.15) is 5.75 Å². The van der Waals surface area contributed by atoms with Crippen molar-refractivity contribution in [2.75, 3.05) is 0 Å². The first-order valence-corrected chi connectivity index (χ1v) is 5.35. The quantitative estimate of drug-likeness (QED) is 0.454. The summed E-state index contributed by atoms with van der Waals surface area (Å²) in [6.45, 7) is 2.09. The highest BCUT2D eigenvalue weighted by molar-refractivity contribution is 5.96. The summed E-state index contributed by atoms with van der Waals surface area (Å²) in [5.74, 6) is -0.436. The number of nitrogens with one attached hydrogen (secondary N) is 1. The van der Waals surface area contributed by atoms with Crippen LogP contribution in [0.15, 0.2) is 29.4 Å². The maximum Gasteiger partial charge on any atom is 0.275 e. The Morgan fingerprint density at radius 2 is 2.25 bits per heavy atom. The van der Waals surface area contributed by atoms with Crippen LogP contribution in [-0.2, 0) is 0 Å². The molecule has 0 aliphatic rings. The van der Waals surface area contributed by atoms with Crippen LogP contribution in [0.4, 0.5) is 0 Å². The predicted octanol–water partition coefficient (Wildman–Crippen LogP) is 2.30. The number of aromatic hydroxyl groups is 1. The van der Waals surface area contributed by atoms with E-state index in [1.807, 2.05) is 0 Å². The van der Waals surface area contributed by atoms with Crippen molar-refractivity contribution in [3.8, 4) is 5.75 Å². The molecule has 0 atom stereocenters. The number of hydrogen-bond acceptors (Lipinski definition) is 3. The van der Waals surface area contributed by atoms with Gasteiger partial charge in [-0.1, -0.05) is 25.5 Å². The molecular formula is C12H16N2O2. The van der Waals surface area contributed by atoms with Crippen molar-refractivity contribution in [3.63, 3.8) is 0 Å². The van der Waals surface area contributed by atoms with E-state index >= 15 is 0 Å². The molecule has 2 N–H and O–H groups in total. The largest absolute Gasteiger partial charge is 0.507 e. The molecule has 0 bridgehead atoms. The normalized spacial score (nSPS) is 10.6. The molecule has 0 fully saturated rings.